The van der Waals surface area contributed by atoms with Gasteiger partial charge in [-0.3, -0.25) is 0 Å². The van der Waals surface area contributed by atoms with Crippen LogP contribution in [-0.4, -0.2) is 33.4 Å². The Hall–Kier alpha value is -0.580. The molecule has 0 bridgehead atoms. The third kappa shape index (κ3) is 3.96. The highest BCUT2D eigenvalue weighted by atomic mass is 79.9. The minimum absolute atomic E-state index is 0.280. The smallest absolute Gasteiger partial charge is 0.122 e. The van der Waals surface area contributed by atoms with Gasteiger partial charge in [0.05, 0.1) is 7.11 Å². The highest BCUT2D eigenvalue weighted by Crippen LogP contribution is 2.37. The summed E-state index contributed by atoms with van der Waals surface area (Å²) in [4.78, 5) is 0. The summed E-state index contributed by atoms with van der Waals surface area (Å²) in [6, 6.07) is 6.25. The minimum Gasteiger partial charge on any atom is -0.496 e. The molecule has 0 saturated carbocycles. The van der Waals surface area contributed by atoms with Gasteiger partial charge in [-0.25, -0.2) is 0 Å². The van der Waals surface area contributed by atoms with E-state index in [0.717, 1.165) is 55.8 Å². The van der Waals surface area contributed by atoms with E-state index >= 15 is 0 Å². The van der Waals surface area contributed by atoms with Crippen LogP contribution in [0.15, 0.2) is 22.7 Å². The van der Waals surface area contributed by atoms with Crippen LogP contribution in [0.1, 0.15) is 25.3 Å². The van der Waals surface area contributed by atoms with Crippen LogP contribution in [0.4, 0.5) is 0 Å². The first-order valence-corrected chi connectivity index (χ1v) is 8.09. The zero-order valence-electron chi connectivity index (χ0n) is 12.4. The Morgan fingerprint density at radius 2 is 2.10 bits per heavy atom. The Morgan fingerprint density at radius 3 is 2.75 bits per heavy atom. The average molecular weight is 342 g/mol. The van der Waals surface area contributed by atoms with Gasteiger partial charge in [0.15, 0.2) is 0 Å². The lowest BCUT2D eigenvalue weighted by molar-refractivity contribution is 0.0149. The summed E-state index contributed by atoms with van der Waals surface area (Å²) in [5, 5.41) is 3.52. The Kier molecular flexibility index (Phi) is 5.87. The van der Waals surface area contributed by atoms with Gasteiger partial charge in [-0.05, 0) is 55.0 Å². The lowest BCUT2D eigenvalue weighted by Crippen LogP contribution is -2.40. The second kappa shape index (κ2) is 7.43. The number of rotatable bonds is 6. The van der Waals surface area contributed by atoms with Gasteiger partial charge in [0.1, 0.15) is 5.75 Å². The van der Waals surface area contributed by atoms with Crippen LogP contribution < -0.4 is 10.1 Å². The number of nitrogens with one attached hydrogen (secondary N) is 1. The molecular weight excluding hydrogens is 318 g/mol. The zero-order chi connectivity index (χ0) is 14.4. The predicted molar refractivity (Wildman–Crippen MR) is 85.4 cm³/mol. The SMILES string of the molecule is CCNCC1(Cc2cc(Br)ccc2OC)CCOCC1. The molecule has 0 atom stereocenters. The zero-order valence-corrected chi connectivity index (χ0v) is 14.0. The van der Waals surface area contributed by atoms with Crippen LogP contribution >= 0.6 is 15.9 Å². The van der Waals surface area contributed by atoms with Crippen molar-refractivity contribution in [2.45, 2.75) is 26.2 Å². The standard InChI is InChI=1S/C16H24BrNO2/c1-3-18-12-16(6-8-20-9-7-16)11-13-10-14(17)4-5-15(13)19-2/h4-5,10,18H,3,6-9,11-12H2,1-2H3. The van der Waals surface area contributed by atoms with E-state index in [0.29, 0.717) is 0 Å². The van der Waals surface area contributed by atoms with Crippen molar-refractivity contribution in [3.63, 3.8) is 0 Å². The maximum atomic E-state index is 5.55. The van der Waals surface area contributed by atoms with Crippen molar-refractivity contribution < 1.29 is 9.47 Å². The monoisotopic (exact) mass is 341 g/mol. The predicted octanol–water partition coefficient (Wildman–Crippen LogP) is 3.41. The van der Waals surface area contributed by atoms with Crippen molar-refractivity contribution >= 4 is 15.9 Å². The number of halogens is 1. The topological polar surface area (TPSA) is 30.5 Å². The Balaban J connectivity index is 2.20. The average Bonchev–Trinajstić information content (AvgIpc) is 2.46. The van der Waals surface area contributed by atoms with E-state index in [9.17, 15) is 0 Å². The first-order valence-electron chi connectivity index (χ1n) is 7.30. The molecule has 0 radical (unpaired) electrons. The van der Waals surface area contributed by atoms with Crippen molar-refractivity contribution in [1.82, 2.24) is 5.32 Å². The molecule has 1 aromatic rings. The van der Waals surface area contributed by atoms with Gasteiger partial charge in [0.2, 0.25) is 0 Å². The molecule has 1 aromatic carbocycles. The van der Waals surface area contributed by atoms with E-state index in [1.54, 1.807) is 7.11 Å². The summed E-state index contributed by atoms with van der Waals surface area (Å²) < 4.78 is 12.2. The molecule has 4 heteroatoms. The van der Waals surface area contributed by atoms with Crippen LogP contribution in [0.25, 0.3) is 0 Å². The molecule has 0 aromatic heterocycles. The minimum atomic E-state index is 0.280. The number of hydrogen-bond donors (Lipinski definition) is 1. The van der Waals surface area contributed by atoms with Crippen LogP contribution in [-0.2, 0) is 11.2 Å². The van der Waals surface area contributed by atoms with Gasteiger partial charge >= 0.3 is 0 Å². The van der Waals surface area contributed by atoms with Gasteiger partial charge in [0.25, 0.3) is 0 Å². The fraction of sp³-hybridized carbons (Fsp3) is 0.625. The Bertz CT molecular complexity index is 430. The quantitative estimate of drug-likeness (QED) is 0.859. The van der Waals surface area contributed by atoms with Crippen LogP contribution in [0.5, 0.6) is 5.75 Å². The molecule has 112 valence electrons. The fourth-order valence-corrected chi connectivity index (χ4v) is 3.31. The molecule has 3 nitrogen and oxygen atoms in total. The second-order valence-electron chi connectivity index (χ2n) is 5.53. The largest absolute Gasteiger partial charge is 0.496 e. The van der Waals surface area contributed by atoms with E-state index in [1.165, 1.54) is 5.56 Å². The van der Waals surface area contributed by atoms with Gasteiger partial charge in [-0.1, -0.05) is 22.9 Å². The molecule has 1 fully saturated rings. The normalized spacial score (nSPS) is 17.9. The molecule has 1 aliphatic heterocycles. The lowest BCUT2D eigenvalue weighted by atomic mass is 9.75. The van der Waals surface area contributed by atoms with Crippen molar-refractivity contribution in [1.29, 1.82) is 0 Å². The fourth-order valence-electron chi connectivity index (χ4n) is 2.90. The van der Waals surface area contributed by atoms with E-state index in [1.807, 2.05) is 12.1 Å². The maximum Gasteiger partial charge on any atom is 0.122 e. The molecule has 1 saturated heterocycles. The van der Waals surface area contributed by atoms with Crippen LogP contribution in [0.3, 0.4) is 0 Å². The van der Waals surface area contributed by atoms with E-state index < -0.39 is 0 Å². The summed E-state index contributed by atoms with van der Waals surface area (Å²) in [7, 11) is 1.74. The summed E-state index contributed by atoms with van der Waals surface area (Å²) in [5.74, 6) is 0.982. The highest BCUT2D eigenvalue weighted by Gasteiger charge is 2.33. The lowest BCUT2D eigenvalue weighted by Gasteiger charge is -2.38. The number of ether oxygens (including phenoxy) is 2. The first kappa shape index (κ1) is 15.8. The van der Waals surface area contributed by atoms with Gasteiger partial charge in [-0.15, -0.1) is 0 Å². The number of methoxy groups -OCH3 is 1. The van der Waals surface area contributed by atoms with Crippen LogP contribution in [0, 0.1) is 5.41 Å². The molecule has 0 unspecified atom stereocenters. The number of hydrogen-bond acceptors (Lipinski definition) is 3. The summed E-state index contributed by atoms with van der Waals surface area (Å²) >= 11 is 3.56. The van der Waals surface area contributed by atoms with Crippen molar-refractivity contribution in [2.75, 3.05) is 33.4 Å². The van der Waals surface area contributed by atoms with E-state index in [2.05, 4.69) is 34.2 Å². The Labute approximate surface area is 130 Å². The van der Waals surface area contributed by atoms with Crippen molar-refractivity contribution in [3.05, 3.63) is 28.2 Å². The third-order valence-corrected chi connectivity index (χ3v) is 4.60. The molecule has 0 spiro atoms. The Morgan fingerprint density at radius 1 is 1.35 bits per heavy atom. The van der Waals surface area contributed by atoms with E-state index in [4.69, 9.17) is 9.47 Å². The van der Waals surface area contributed by atoms with Gasteiger partial charge in [-0.2, -0.15) is 0 Å². The molecule has 2 rings (SSSR count). The van der Waals surface area contributed by atoms with Crippen molar-refractivity contribution in [2.24, 2.45) is 5.41 Å². The molecule has 20 heavy (non-hydrogen) atoms. The molecule has 0 amide bonds. The highest BCUT2D eigenvalue weighted by molar-refractivity contribution is 9.10. The molecule has 0 aliphatic carbocycles. The third-order valence-electron chi connectivity index (χ3n) is 4.11. The molecule has 1 heterocycles. The van der Waals surface area contributed by atoms with Gasteiger partial charge < -0.3 is 14.8 Å². The first-order chi connectivity index (χ1) is 9.69. The molecule has 1 aliphatic rings. The molecule has 1 N–H and O–H groups in total. The summed E-state index contributed by atoms with van der Waals surface area (Å²) in [6.07, 6.45) is 3.25. The number of benzene rings is 1. The van der Waals surface area contributed by atoms with Crippen LogP contribution in [0.2, 0.25) is 0 Å². The van der Waals surface area contributed by atoms with E-state index in [-0.39, 0.29) is 5.41 Å². The second-order valence-corrected chi connectivity index (χ2v) is 6.44. The van der Waals surface area contributed by atoms with Gasteiger partial charge in [0, 0.05) is 24.2 Å². The maximum absolute atomic E-state index is 5.55. The summed E-state index contributed by atoms with van der Waals surface area (Å²) in [6.45, 7) is 5.94. The summed E-state index contributed by atoms with van der Waals surface area (Å²) in [5.41, 5.74) is 1.56. The molecular formula is C16H24BrNO2. The van der Waals surface area contributed by atoms with Crippen molar-refractivity contribution in [3.8, 4) is 5.75 Å².